The van der Waals surface area contributed by atoms with Crippen LogP contribution >= 0.6 is 0 Å². The Balaban J connectivity index is 1.33. The first kappa shape index (κ1) is 18.3. The Morgan fingerprint density at radius 2 is 2.20 bits per heavy atom. The van der Waals surface area contributed by atoms with Crippen LogP contribution in [0.3, 0.4) is 0 Å². The van der Waals surface area contributed by atoms with E-state index in [-0.39, 0.29) is 0 Å². The van der Waals surface area contributed by atoms with Gasteiger partial charge in [0.1, 0.15) is 5.76 Å². The van der Waals surface area contributed by atoms with Crippen LogP contribution in [-0.2, 0) is 15.9 Å². The van der Waals surface area contributed by atoms with E-state index in [1.807, 2.05) is 19.2 Å². The zero-order chi connectivity index (χ0) is 17.3. The van der Waals surface area contributed by atoms with Crippen LogP contribution in [0.15, 0.2) is 27.8 Å². The summed E-state index contributed by atoms with van der Waals surface area (Å²) in [5.74, 6) is 1.97. The van der Waals surface area contributed by atoms with Crippen molar-refractivity contribution in [3.8, 4) is 0 Å². The first-order valence-corrected chi connectivity index (χ1v) is 9.56. The van der Waals surface area contributed by atoms with E-state index in [0.29, 0.717) is 12.2 Å². The zero-order valence-electron chi connectivity index (χ0n) is 15.3. The Morgan fingerprint density at radius 1 is 1.32 bits per heavy atom. The predicted octanol–water partition coefficient (Wildman–Crippen LogP) is 2.45. The molecule has 3 heterocycles. The fraction of sp³-hybridized carbons (Fsp3) is 0.737. The van der Waals surface area contributed by atoms with Crippen LogP contribution < -0.4 is 5.32 Å². The summed E-state index contributed by atoms with van der Waals surface area (Å²) in [5, 5.41) is 3.43. The topological polar surface area (TPSA) is 59.2 Å². The molecule has 0 aliphatic carbocycles. The third-order valence-corrected chi connectivity index (χ3v) is 4.98. The van der Waals surface area contributed by atoms with Gasteiger partial charge in [0.25, 0.3) is 0 Å². The summed E-state index contributed by atoms with van der Waals surface area (Å²) in [5.41, 5.74) is 0. The second-order valence-corrected chi connectivity index (χ2v) is 6.81. The van der Waals surface area contributed by atoms with Gasteiger partial charge in [-0.1, -0.05) is 0 Å². The van der Waals surface area contributed by atoms with Crippen molar-refractivity contribution in [3.05, 3.63) is 24.2 Å². The number of likely N-dealkylation sites (tertiary alicyclic amines) is 1. The number of guanidine groups is 1. The number of aliphatic imine (C=N–C) groups is 1. The fourth-order valence-corrected chi connectivity index (χ4v) is 3.50. The van der Waals surface area contributed by atoms with Crippen LogP contribution in [0.1, 0.15) is 37.9 Å². The molecule has 0 radical (unpaired) electrons. The molecule has 6 heteroatoms. The molecule has 0 spiro atoms. The summed E-state index contributed by atoms with van der Waals surface area (Å²) in [6, 6.07) is 3.93. The number of nitrogens with one attached hydrogen (secondary N) is 1. The quantitative estimate of drug-likeness (QED) is 0.631. The van der Waals surface area contributed by atoms with Gasteiger partial charge in [0, 0.05) is 39.7 Å². The highest BCUT2D eigenvalue weighted by Crippen LogP contribution is 2.18. The standard InChI is InChI=1S/C19H31N3O3/c1-20-19(21-10-7-16-6-4-14-23-16)22-11-8-17(9-12-22)25-15-18-5-2-3-13-24-18/h4,6,14,17-18H,2-3,5,7-13,15H2,1H3,(H,20,21). The van der Waals surface area contributed by atoms with Gasteiger partial charge in [-0.05, 0) is 44.2 Å². The van der Waals surface area contributed by atoms with Gasteiger partial charge in [-0.25, -0.2) is 0 Å². The molecule has 2 aliphatic rings. The normalized spacial score (nSPS) is 23.0. The Morgan fingerprint density at radius 3 is 2.88 bits per heavy atom. The van der Waals surface area contributed by atoms with E-state index in [2.05, 4.69) is 15.2 Å². The van der Waals surface area contributed by atoms with Gasteiger partial charge < -0.3 is 24.1 Å². The Kier molecular flexibility index (Phi) is 7.18. The predicted molar refractivity (Wildman–Crippen MR) is 97.9 cm³/mol. The molecule has 1 unspecified atom stereocenters. The SMILES string of the molecule is CN=C(NCCc1ccco1)N1CCC(OCC2CCCCO2)CC1. The minimum Gasteiger partial charge on any atom is -0.469 e. The average molecular weight is 349 g/mol. The first-order valence-electron chi connectivity index (χ1n) is 9.56. The Labute approximate surface area is 150 Å². The molecule has 6 nitrogen and oxygen atoms in total. The highest BCUT2D eigenvalue weighted by Gasteiger charge is 2.23. The number of hydrogen-bond donors (Lipinski definition) is 1. The van der Waals surface area contributed by atoms with E-state index < -0.39 is 0 Å². The third-order valence-electron chi connectivity index (χ3n) is 4.98. The molecule has 2 saturated heterocycles. The van der Waals surface area contributed by atoms with E-state index >= 15 is 0 Å². The minimum atomic E-state index is 0.308. The number of ether oxygens (including phenoxy) is 2. The van der Waals surface area contributed by atoms with Crippen LogP contribution in [0.25, 0.3) is 0 Å². The van der Waals surface area contributed by atoms with Crippen molar-refractivity contribution in [2.75, 3.05) is 39.9 Å². The molecule has 0 bridgehead atoms. The number of furan rings is 1. The lowest BCUT2D eigenvalue weighted by molar-refractivity contribution is -0.0721. The van der Waals surface area contributed by atoms with Gasteiger partial charge in [-0.2, -0.15) is 0 Å². The van der Waals surface area contributed by atoms with E-state index in [0.717, 1.165) is 70.3 Å². The van der Waals surface area contributed by atoms with Gasteiger partial charge in [-0.3, -0.25) is 4.99 Å². The smallest absolute Gasteiger partial charge is 0.193 e. The maximum Gasteiger partial charge on any atom is 0.193 e. The summed E-state index contributed by atoms with van der Waals surface area (Å²) in [7, 11) is 1.85. The minimum absolute atomic E-state index is 0.308. The summed E-state index contributed by atoms with van der Waals surface area (Å²) < 4.78 is 17.2. The van der Waals surface area contributed by atoms with Crippen LogP contribution in [0.4, 0.5) is 0 Å². The van der Waals surface area contributed by atoms with Crippen molar-refractivity contribution in [3.63, 3.8) is 0 Å². The summed E-state index contributed by atoms with van der Waals surface area (Å²) >= 11 is 0. The third kappa shape index (κ3) is 5.75. The number of rotatable bonds is 6. The van der Waals surface area contributed by atoms with Crippen molar-refractivity contribution < 1.29 is 13.9 Å². The van der Waals surface area contributed by atoms with Crippen molar-refractivity contribution in [1.82, 2.24) is 10.2 Å². The van der Waals surface area contributed by atoms with Gasteiger partial charge in [0.05, 0.1) is 25.1 Å². The first-order chi connectivity index (χ1) is 12.3. The number of piperidine rings is 1. The Hall–Kier alpha value is -1.53. The molecule has 1 aromatic rings. The van der Waals surface area contributed by atoms with E-state index in [4.69, 9.17) is 13.9 Å². The van der Waals surface area contributed by atoms with E-state index in [9.17, 15) is 0 Å². The molecule has 3 rings (SSSR count). The lowest BCUT2D eigenvalue weighted by Crippen LogP contribution is -2.47. The highest BCUT2D eigenvalue weighted by atomic mass is 16.5. The Bertz CT molecular complexity index is 504. The van der Waals surface area contributed by atoms with Crippen molar-refractivity contribution >= 4 is 5.96 Å². The summed E-state index contributed by atoms with van der Waals surface area (Å²) in [6.07, 6.45) is 8.95. The lowest BCUT2D eigenvalue weighted by atomic mass is 10.1. The van der Waals surface area contributed by atoms with Gasteiger partial charge in [0.2, 0.25) is 0 Å². The molecule has 0 amide bonds. The van der Waals surface area contributed by atoms with Gasteiger partial charge in [0.15, 0.2) is 5.96 Å². The second-order valence-electron chi connectivity index (χ2n) is 6.81. The van der Waals surface area contributed by atoms with Crippen LogP contribution in [0.5, 0.6) is 0 Å². The second kappa shape index (κ2) is 9.82. The van der Waals surface area contributed by atoms with Gasteiger partial charge >= 0.3 is 0 Å². The maximum atomic E-state index is 6.09. The number of nitrogens with zero attached hydrogens (tertiary/aromatic N) is 2. The molecule has 1 atom stereocenters. The fourth-order valence-electron chi connectivity index (χ4n) is 3.50. The van der Waals surface area contributed by atoms with Gasteiger partial charge in [-0.15, -0.1) is 0 Å². The lowest BCUT2D eigenvalue weighted by Gasteiger charge is -2.35. The molecule has 0 aromatic carbocycles. The molecular weight excluding hydrogens is 318 g/mol. The molecule has 25 heavy (non-hydrogen) atoms. The van der Waals surface area contributed by atoms with E-state index in [1.54, 1.807) is 6.26 Å². The summed E-state index contributed by atoms with van der Waals surface area (Å²) in [4.78, 5) is 6.73. The van der Waals surface area contributed by atoms with E-state index in [1.165, 1.54) is 12.8 Å². The molecule has 1 N–H and O–H groups in total. The molecule has 2 aliphatic heterocycles. The van der Waals surface area contributed by atoms with Crippen LogP contribution in [0.2, 0.25) is 0 Å². The highest BCUT2D eigenvalue weighted by molar-refractivity contribution is 5.79. The van der Waals surface area contributed by atoms with Crippen LogP contribution in [-0.4, -0.2) is 63.0 Å². The molecular formula is C19H31N3O3. The molecule has 140 valence electrons. The molecule has 1 aromatic heterocycles. The maximum absolute atomic E-state index is 6.09. The van der Waals surface area contributed by atoms with Crippen LogP contribution in [0, 0.1) is 0 Å². The molecule has 0 saturated carbocycles. The average Bonchev–Trinajstić information content (AvgIpc) is 3.18. The molecule has 2 fully saturated rings. The van der Waals surface area contributed by atoms with Crippen molar-refractivity contribution in [2.45, 2.75) is 50.7 Å². The largest absolute Gasteiger partial charge is 0.469 e. The monoisotopic (exact) mass is 349 g/mol. The summed E-state index contributed by atoms with van der Waals surface area (Å²) in [6.45, 7) is 4.44. The number of hydrogen-bond acceptors (Lipinski definition) is 4. The van der Waals surface area contributed by atoms with Crippen molar-refractivity contribution in [1.29, 1.82) is 0 Å². The zero-order valence-corrected chi connectivity index (χ0v) is 15.3. The van der Waals surface area contributed by atoms with Crippen molar-refractivity contribution in [2.24, 2.45) is 4.99 Å².